The second-order valence-corrected chi connectivity index (χ2v) is 6.19. The number of carbonyl (C=O) groups is 2. The van der Waals surface area contributed by atoms with Gasteiger partial charge in [0.05, 0.1) is 11.3 Å². The van der Waals surface area contributed by atoms with Crippen molar-refractivity contribution >= 4 is 29.9 Å². The molecular formula is C19H20ClF2N3O2. The van der Waals surface area contributed by atoms with Crippen LogP contribution in [-0.4, -0.2) is 24.9 Å². The van der Waals surface area contributed by atoms with Gasteiger partial charge in [-0.25, -0.2) is 8.78 Å². The molecule has 1 saturated carbocycles. The number of anilines is 1. The summed E-state index contributed by atoms with van der Waals surface area (Å²) in [6, 6.07) is 9.84. The van der Waals surface area contributed by atoms with Crippen LogP contribution in [0.1, 0.15) is 28.3 Å². The summed E-state index contributed by atoms with van der Waals surface area (Å²) in [6.45, 7) is 0.633. The minimum atomic E-state index is -0.533. The Labute approximate surface area is 161 Å². The van der Waals surface area contributed by atoms with Crippen LogP contribution in [-0.2, 0) is 4.79 Å². The first-order chi connectivity index (χ1) is 12.5. The Morgan fingerprint density at radius 2 is 1.89 bits per heavy atom. The van der Waals surface area contributed by atoms with Gasteiger partial charge in [0.1, 0.15) is 11.6 Å². The number of benzene rings is 2. The third kappa shape index (κ3) is 4.81. The highest BCUT2D eigenvalue weighted by molar-refractivity contribution is 6.04. The van der Waals surface area contributed by atoms with E-state index in [0.29, 0.717) is 30.8 Å². The molecule has 0 spiro atoms. The van der Waals surface area contributed by atoms with E-state index in [9.17, 15) is 18.4 Å². The highest BCUT2D eigenvalue weighted by Crippen LogP contribution is 2.49. The standard InChI is InChI=1S/C19H19F2N3O2.ClH/c20-11-5-6-16(21)14(9-11)13-10-15(13)19(26)24-17-4-2-1-3-12(17)18(25)23-8-7-22;/h1-6,9,13,15H,7-8,10,22H2,(H,23,25)(H,24,26);1H. The Morgan fingerprint density at radius 3 is 2.63 bits per heavy atom. The summed E-state index contributed by atoms with van der Waals surface area (Å²) in [5.41, 5.74) is 6.28. The van der Waals surface area contributed by atoms with Gasteiger partial charge in [-0.3, -0.25) is 9.59 Å². The molecule has 3 rings (SSSR count). The van der Waals surface area contributed by atoms with Crippen molar-refractivity contribution < 1.29 is 18.4 Å². The van der Waals surface area contributed by atoms with Gasteiger partial charge in [-0.15, -0.1) is 12.4 Å². The number of para-hydroxylation sites is 1. The van der Waals surface area contributed by atoms with Gasteiger partial charge in [0.25, 0.3) is 5.91 Å². The maximum Gasteiger partial charge on any atom is 0.253 e. The molecule has 0 aliphatic heterocycles. The molecule has 144 valence electrons. The number of nitrogens with two attached hydrogens (primary N) is 1. The smallest absolute Gasteiger partial charge is 0.253 e. The highest BCUT2D eigenvalue weighted by Gasteiger charge is 2.45. The Bertz CT molecular complexity index is 847. The topological polar surface area (TPSA) is 84.2 Å². The zero-order valence-corrected chi connectivity index (χ0v) is 15.2. The molecule has 0 heterocycles. The number of nitrogens with one attached hydrogen (secondary N) is 2. The minimum absolute atomic E-state index is 0. The first-order valence-corrected chi connectivity index (χ1v) is 8.34. The lowest BCUT2D eigenvalue weighted by molar-refractivity contribution is -0.117. The number of carbonyl (C=O) groups excluding carboxylic acids is 2. The maximum atomic E-state index is 13.9. The van der Waals surface area contributed by atoms with Crippen molar-refractivity contribution in [1.29, 1.82) is 0 Å². The average molecular weight is 396 g/mol. The van der Waals surface area contributed by atoms with Crippen LogP contribution in [0.15, 0.2) is 42.5 Å². The van der Waals surface area contributed by atoms with E-state index in [4.69, 9.17) is 5.73 Å². The van der Waals surface area contributed by atoms with Crippen LogP contribution in [0.4, 0.5) is 14.5 Å². The van der Waals surface area contributed by atoms with Crippen LogP contribution < -0.4 is 16.4 Å². The van der Waals surface area contributed by atoms with Gasteiger partial charge in [0, 0.05) is 19.0 Å². The molecule has 2 aromatic carbocycles. The predicted molar refractivity (Wildman–Crippen MR) is 101 cm³/mol. The summed E-state index contributed by atoms with van der Waals surface area (Å²) in [6.07, 6.45) is 0.438. The van der Waals surface area contributed by atoms with Crippen LogP contribution in [0.25, 0.3) is 0 Å². The van der Waals surface area contributed by atoms with Crippen molar-refractivity contribution in [2.75, 3.05) is 18.4 Å². The van der Waals surface area contributed by atoms with Gasteiger partial charge in [-0.1, -0.05) is 12.1 Å². The lowest BCUT2D eigenvalue weighted by Gasteiger charge is -2.11. The lowest BCUT2D eigenvalue weighted by atomic mass is 10.1. The molecule has 0 saturated heterocycles. The molecule has 27 heavy (non-hydrogen) atoms. The van der Waals surface area contributed by atoms with Crippen molar-refractivity contribution in [2.24, 2.45) is 11.7 Å². The zero-order chi connectivity index (χ0) is 18.7. The molecule has 2 atom stereocenters. The summed E-state index contributed by atoms with van der Waals surface area (Å²) in [4.78, 5) is 24.6. The van der Waals surface area contributed by atoms with Crippen LogP contribution in [0.5, 0.6) is 0 Å². The molecule has 0 aromatic heterocycles. The highest BCUT2D eigenvalue weighted by atomic mass is 35.5. The van der Waals surface area contributed by atoms with E-state index in [1.165, 1.54) is 0 Å². The second-order valence-electron chi connectivity index (χ2n) is 6.19. The van der Waals surface area contributed by atoms with Gasteiger partial charge < -0.3 is 16.4 Å². The summed E-state index contributed by atoms with van der Waals surface area (Å²) in [5.74, 6) is -2.52. The van der Waals surface area contributed by atoms with Crippen LogP contribution in [0.3, 0.4) is 0 Å². The predicted octanol–water partition coefficient (Wildman–Crippen LogP) is 2.82. The van der Waals surface area contributed by atoms with Crippen molar-refractivity contribution in [1.82, 2.24) is 5.32 Å². The molecular weight excluding hydrogens is 376 g/mol. The van der Waals surface area contributed by atoms with E-state index in [-0.39, 0.29) is 35.7 Å². The van der Waals surface area contributed by atoms with Crippen molar-refractivity contribution in [2.45, 2.75) is 12.3 Å². The van der Waals surface area contributed by atoms with Crippen LogP contribution in [0.2, 0.25) is 0 Å². The maximum absolute atomic E-state index is 13.9. The number of hydrogen-bond acceptors (Lipinski definition) is 3. The van der Waals surface area contributed by atoms with Crippen molar-refractivity contribution in [3.05, 3.63) is 65.2 Å². The lowest BCUT2D eigenvalue weighted by Crippen LogP contribution is -2.30. The van der Waals surface area contributed by atoms with Gasteiger partial charge in [0.15, 0.2) is 0 Å². The van der Waals surface area contributed by atoms with E-state index < -0.39 is 17.6 Å². The monoisotopic (exact) mass is 395 g/mol. The molecule has 2 amide bonds. The van der Waals surface area contributed by atoms with Crippen LogP contribution >= 0.6 is 12.4 Å². The van der Waals surface area contributed by atoms with Crippen molar-refractivity contribution in [3.63, 3.8) is 0 Å². The van der Waals surface area contributed by atoms with Gasteiger partial charge in [-0.05, 0) is 48.2 Å². The first kappa shape index (κ1) is 20.8. The quantitative estimate of drug-likeness (QED) is 0.703. The van der Waals surface area contributed by atoms with E-state index in [1.54, 1.807) is 24.3 Å². The van der Waals surface area contributed by atoms with Gasteiger partial charge in [0.2, 0.25) is 5.91 Å². The number of hydrogen-bond donors (Lipinski definition) is 3. The van der Waals surface area contributed by atoms with Gasteiger partial charge >= 0.3 is 0 Å². The average Bonchev–Trinajstić information content (AvgIpc) is 3.43. The SMILES string of the molecule is Cl.NCCNC(=O)c1ccccc1NC(=O)C1CC1c1cc(F)ccc1F. The van der Waals surface area contributed by atoms with Crippen molar-refractivity contribution in [3.8, 4) is 0 Å². The van der Waals surface area contributed by atoms with Gasteiger partial charge in [-0.2, -0.15) is 0 Å². The van der Waals surface area contributed by atoms with E-state index in [2.05, 4.69) is 10.6 Å². The molecule has 0 radical (unpaired) electrons. The van der Waals surface area contributed by atoms with E-state index >= 15 is 0 Å². The molecule has 1 aliphatic rings. The molecule has 5 nitrogen and oxygen atoms in total. The first-order valence-electron chi connectivity index (χ1n) is 8.34. The number of amides is 2. The fourth-order valence-corrected chi connectivity index (χ4v) is 2.92. The molecule has 2 aromatic rings. The number of rotatable bonds is 6. The molecule has 2 unspecified atom stereocenters. The molecule has 4 N–H and O–H groups in total. The third-order valence-corrected chi connectivity index (χ3v) is 4.34. The van der Waals surface area contributed by atoms with E-state index in [1.807, 2.05) is 0 Å². The summed E-state index contributed by atoms with van der Waals surface area (Å²) < 4.78 is 27.2. The molecule has 1 aliphatic carbocycles. The number of halogens is 3. The van der Waals surface area contributed by atoms with E-state index in [0.717, 1.165) is 18.2 Å². The molecule has 8 heteroatoms. The zero-order valence-electron chi connectivity index (χ0n) is 14.4. The Balaban J connectivity index is 0.00000261. The van der Waals surface area contributed by atoms with Crippen LogP contribution in [0, 0.1) is 17.6 Å². The third-order valence-electron chi connectivity index (χ3n) is 4.34. The molecule has 1 fully saturated rings. The Morgan fingerprint density at radius 1 is 1.15 bits per heavy atom. The molecule has 0 bridgehead atoms. The minimum Gasteiger partial charge on any atom is -0.351 e. The summed E-state index contributed by atoms with van der Waals surface area (Å²) in [5, 5.41) is 5.37. The second kappa shape index (κ2) is 8.92. The normalized spacial score (nSPS) is 17.6. The fraction of sp³-hybridized carbons (Fsp3) is 0.263. The summed E-state index contributed by atoms with van der Waals surface area (Å²) in [7, 11) is 0. The summed E-state index contributed by atoms with van der Waals surface area (Å²) >= 11 is 0. The Hall–Kier alpha value is -2.51. The fourth-order valence-electron chi connectivity index (χ4n) is 2.92. The Kier molecular flexibility index (Phi) is 6.87. The largest absolute Gasteiger partial charge is 0.351 e.